The zero-order chi connectivity index (χ0) is 14.7. The van der Waals surface area contributed by atoms with E-state index in [1.165, 1.54) is 11.3 Å². The van der Waals surface area contributed by atoms with E-state index in [0.717, 1.165) is 28.8 Å². The molecule has 0 aliphatic carbocycles. The Labute approximate surface area is 129 Å². The molecule has 3 rings (SSSR count). The Morgan fingerprint density at radius 1 is 1.24 bits per heavy atom. The van der Waals surface area contributed by atoms with Crippen molar-refractivity contribution < 1.29 is 14.3 Å². The van der Waals surface area contributed by atoms with Crippen LogP contribution in [0.15, 0.2) is 35.2 Å². The van der Waals surface area contributed by atoms with Crippen LogP contribution in [-0.4, -0.2) is 21.4 Å². The summed E-state index contributed by atoms with van der Waals surface area (Å²) in [7, 11) is 0. The van der Waals surface area contributed by atoms with Crippen LogP contribution in [0.2, 0.25) is 0 Å². The van der Waals surface area contributed by atoms with Crippen molar-refractivity contribution in [1.82, 2.24) is 10.3 Å². The van der Waals surface area contributed by atoms with Crippen LogP contribution in [-0.2, 0) is 17.8 Å². The van der Waals surface area contributed by atoms with Gasteiger partial charge in [0.2, 0.25) is 5.91 Å². The summed E-state index contributed by atoms with van der Waals surface area (Å²) in [5.74, 6) is 0.542. The van der Waals surface area contributed by atoms with Gasteiger partial charge < -0.3 is 4.74 Å². The maximum atomic E-state index is 11.5. The molecule has 2 heterocycles. The second kappa shape index (κ2) is 6.28. The number of nitrogens with zero attached hydrogens (tertiary/aromatic N) is 1. The molecule has 1 saturated heterocycles. The summed E-state index contributed by atoms with van der Waals surface area (Å²) in [6.45, 7) is 0.443. The first kappa shape index (κ1) is 14.1. The minimum atomic E-state index is -0.334. The number of amides is 2. The summed E-state index contributed by atoms with van der Waals surface area (Å²) in [5.41, 5.74) is 3.67. The van der Waals surface area contributed by atoms with E-state index in [4.69, 9.17) is 4.74 Å². The summed E-state index contributed by atoms with van der Waals surface area (Å²) >= 11 is 2.58. The van der Waals surface area contributed by atoms with Crippen LogP contribution in [0, 0.1) is 0 Å². The number of carbonyl (C=O) groups excluding carboxylic acids is 2. The van der Waals surface area contributed by atoms with E-state index >= 15 is 0 Å². The topological polar surface area (TPSA) is 68.3 Å². The van der Waals surface area contributed by atoms with Gasteiger partial charge in [0.05, 0.1) is 16.5 Å². The molecular formula is C14H12N2O3S2. The average molecular weight is 320 g/mol. The summed E-state index contributed by atoms with van der Waals surface area (Å²) in [4.78, 5) is 26.8. The van der Waals surface area contributed by atoms with Gasteiger partial charge in [-0.3, -0.25) is 14.9 Å². The fourth-order valence-corrected chi connectivity index (χ4v) is 3.33. The van der Waals surface area contributed by atoms with Gasteiger partial charge in [-0.1, -0.05) is 23.9 Å². The number of thioether (sulfide) groups is 1. The first-order valence-electron chi connectivity index (χ1n) is 6.31. The maximum Gasteiger partial charge on any atom is 0.286 e. The number of imide groups is 1. The summed E-state index contributed by atoms with van der Waals surface area (Å²) in [6.07, 6.45) is 0.536. The summed E-state index contributed by atoms with van der Waals surface area (Å²) in [5, 5.41) is 3.63. The predicted octanol–water partition coefficient (Wildman–Crippen LogP) is 2.62. The highest BCUT2D eigenvalue weighted by Gasteiger charge is 2.31. The van der Waals surface area contributed by atoms with Gasteiger partial charge in [-0.15, -0.1) is 11.3 Å². The average Bonchev–Trinajstić information content (AvgIpc) is 3.08. The van der Waals surface area contributed by atoms with Gasteiger partial charge in [-0.25, -0.2) is 4.98 Å². The Bertz CT molecular complexity index is 641. The van der Waals surface area contributed by atoms with Crippen LogP contribution >= 0.6 is 23.1 Å². The number of ether oxygens (including phenoxy) is 1. The quantitative estimate of drug-likeness (QED) is 0.917. The SMILES string of the molecule is O=C1NC(=O)C(Cc2ccc(OCc3cscn3)cc2)S1. The van der Waals surface area contributed by atoms with Gasteiger partial charge in [0.15, 0.2) is 0 Å². The molecule has 108 valence electrons. The lowest BCUT2D eigenvalue weighted by Gasteiger charge is -2.07. The fourth-order valence-electron chi connectivity index (χ4n) is 1.93. The molecule has 0 spiro atoms. The minimum Gasteiger partial charge on any atom is -0.487 e. The fraction of sp³-hybridized carbons (Fsp3) is 0.214. The first-order chi connectivity index (χ1) is 10.2. The van der Waals surface area contributed by atoms with Gasteiger partial charge >= 0.3 is 0 Å². The van der Waals surface area contributed by atoms with Crippen molar-refractivity contribution in [2.75, 3.05) is 0 Å². The molecule has 2 aromatic rings. The van der Waals surface area contributed by atoms with E-state index in [2.05, 4.69) is 10.3 Å². The molecule has 0 saturated carbocycles. The molecule has 1 aromatic heterocycles. The zero-order valence-electron chi connectivity index (χ0n) is 10.9. The molecular weight excluding hydrogens is 308 g/mol. The highest BCUT2D eigenvalue weighted by atomic mass is 32.2. The zero-order valence-corrected chi connectivity index (χ0v) is 12.6. The van der Waals surface area contributed by atoms with Crippen LogP contribution in [0.4, 0.5) is 4.79 Å². The molecule has 0 radical (unpaired) electrons. The van der Waals surface area contributed by atoms with Crippen LogP contribution in [0.25, 0.3) is 0 Å². The van der Waals surface area contributed by atoms with Crippen molar-refractivity contribution in [3.63, 3.8) is 0 Å². The molecule has 1 aliphatic rings. The molecule has 1 aliphatic heterocycles. The molecule has 1 unspecified atom stereocenters. The van der Waals surface area contributed by atoms with E-state index in [-0.39, 0.29) is 16.4 Å². The Balaban J connectivity index is 1.56. The third-order valence-electron chi connectivity index (χ3n) is 2.98. The van der Waals surface area contributed by atoms with Gasteiger partial charge in [0.1, 0.15) is 12.4 Å². The third kappa shape index (κ3) is 3.62. The normalized spacial score (nSPS) is 17.8. The van der Waals surface area contributed by atoms with E-state index in [1.54, 1.807) is 5.51 Å². The Kier molecular flexibility index (Phi) is 4.21. The number of thiazole rings is 1. The van der Waals surface area contributed by atoms with E-state index in [0.29, 0.717) is 13.0 Å². The number of benzene rings is 1. The number of hydrogen-bond acceptors (Lipinski definition) is 6. The second-order valence-corrected chi connectivity index (χ2v) is 6.39. The van der Waals surface area contributed by atoms with E-state index in [1.807, 2.05) is 29.6 Å². The van der Waals surface area contributed by atoms with Crippen molar-refractivity contribution in [2.45, 2.75) is 18.3 Å². The number of aromatic nitrogens is 1. The maximum absolute atomic E-state index is 11.5. The molecule has 21 heavy (non-hydrogen) atoms. The van der Waals surface area contributed by atoms with Crippen LogP contribution < -0.4 is 10.1 Å². The lowest BCUT2D eigenvalue weighted by molar-refractivity contribution is -0.118. The van der Waals surface area contributed by atoms with Crippen molar-refractivity contribution in [1.29, 1.82) is 0 Å². The molecule has 7 heteroatoms. The lowest BCUT2D eigenvalue weighted by atomic mass is 10.1. The van der Waals surface area contributed by atoms with Crippen LogP contribution in [0.5, 0.6) is 5.75 Å². The third-order valence-corrected chi connectivity index (χ3v) is 4.60. The standard InChI is InChI=1S/C14H12N2O3S2/c17-13-12(21-14(18)16-13)5-9-1-3-11(4-2-9)19-6-10-7-20-8-15-10/h1-4,7-8,12H,5-6H2,(H,16,17,18). The Morgan fingerprint density at radius 2 is 2.05 bits per heavy atom. The molecule has 0 bridgehead atoms. The van der Waals surface area contributed by atoms with E-state index in [9.17, 15) is 9.59 Å². The number of nitrogens with one attached hydrogen (secondary N) is 1. The molecule has 5 nitrogen and oxygen atoms in total. The van der Waals surface area contributed by atoms with Crippen molar-refractivity contribution in [3.05, 3.63) is 46.4 Å². The second-order valence-electron chi connectivity index (χ2n) is 4.50. The summed E-state index contributed by atoms with van der Waals surface area (Å²) in [6, 6.07) is 7.54. The smallest absolute Gasteiger partial charge is 0.286 e. The highest BCUT2D eigenvalue weighted by molar-refractivity contribution is 8.15. The number of carbonyl (C=O) groups is 2. The van der Waals surface area contributed by atoms with Gasteiger partial charge in [0.25, 0.3) is 5.24 Å². The Morgan fingerprint density at radius 3 is 2.67 bits per heavy atom. The van der Waals surface area contributed by atoms with Gasteiger partial charge in [0, 0.05) is 5.38 Å². The molecule has 1 N–H and O–H groups in total. The molecule has 1 aromatic carbocycles. The molecule has 2 amide bonds. The van der Waals surface area contributed by atoms with Crippen molar-refractivity contribution >= 4 is 34.2 Å². The Hall–Kier alpha value is -1.86. The van der Waals surface area contributed by atoms with Gasteiger partial charge in [-0.2, -0.15) is 0 Å². The first-order valence-corrected chi connectivity index (χ1v) is 8.13. The largest absolute Gasteiger partial charge is 0.487 e. The predicted molar refractivity (Wildman–Crippen MR) is 81.5 cm³/mol. The molecule has 1 fully saturated rings. The minimum absolute atomic E-state index is 0.214. The van der Waals surface area contributed by atoms with Crippen LogP contribution in [0.3, 0.4) is 0 Å². The van der Waals surface area contributed by atoms with E-state index < -0.39 is 0 Å². The van der Waals surface area contributed by atoms with Gasteiger partial charge in [-0.05, 0) is 24.1 Å². The van der Waals surface area contributed by atoms with Crippen LogP contribution in [0.1, 0.15) is 11.3 Å². The monoisotopic (exact) mass is 320 g/mol. The number of rotatable bonds is 5. The lowest BCUT2D eigenvalue weighted by Crippen LogP contribution is -2.25. The van der Waals surface area contributed by atoms with Crippen molar-refractivity contribution in [3.8, 4) is 5.75 Å². The molecule has 1 atom stereocenters. The number of hydrogen-bond donors (Lipinski definition) is 1. The van der Waals surface area contributed by atoms with Crippen molar-refractivity contribution in [2.24, 2.45) is 0 Å². The highest BCUT2D eigenvalue weighted by Crippen LogP contribution is 2.24. The summed E-state index contributed by atoms with van der Waals surface area (Å²) < 4.78 is 5.62.